The molecule has 1 aliphatic rings. The average Bonchev–Trinajstić information content (AvgIpc) is 2.56. The first-order valence-electron chi connectivity index (χ1n) is 8.27. The predicted molar refractivity (Wildman–Crippen MR) is 96.0 cm³/mol. The van der Waals surface area contributed by atoms with Crippen LogP contribution in [0.15, 0.2) is 30.3 Å². The van der Waals surface area contributed by atoms with Crippen molar-refractivity contribution in [2.24, 2.45) is 11.1 Å². The van der Waals surface area contributed by atoms with E-state index in [0.29, 0.717) is 26.1 Å². The summed E-state index contributed by atoms with van der Waals surface area (Å²) in [6, 6.07) is 9.69. The standard InChI is InChI=1S/C18H28N2O2.ClH/c1-20(12-13-22-16-8-4-2-5-9-16)17(21)14-18(15-19)10-6-3-7-11-18;/h2,4-5,8-9H,3,6-7,10-15,19H2,1H3;1H. The van der Waals surface area contributed by atoms with Gasteiger partial charge in [-0.3, -0.25) is 4.79 Å². The number of amides is 1. The number of likely N-dealkylation sites (N-methyl/N-ethyl adjacent to an activating group) is 1. The number of carbonyl (C=O) groups excluding carboxylic acids is 1. The van der Waals surface area contributed by atoms with Crippen LogP contribution >= 0.6 is 12.4 Å². The van der Waals surface area contributed by atoms with E-state index in [1.54, 1.807) is 4.90 Å². The topological polar surface area (TPSA) is 55.6 Å². The first-order chi connectivity index (χ1) is 10.7. The van der Waals surface area contributed by atoms with Crippen LogP contribution in [0.5, 0.6) is 5.75 Å². The Morgan fingerprint density at radius 2 is 1.87 bits per heavy atom. The maximum atomic E-state index is 12.4. The van der Waals surface area contributed by atoms with Gasteiger partial charge in [-0.2, -0.15) is 0 Å². The Balaban J connectivity index is 0.00000264. The van der Waals surface area contributed by atoms with Crippen molar-refractivity contribution in [3.05, 3.63) is 30.3 Å². The minimum Gasteiger partial charge on any atom is -0.492 e. The van der Waals surface area contributed by atoms with Gasteiger partial charge in [0.1, 0.15) is 12.4 Å². The number of nitrogens with zero attached hydrogens (tertiary/aromatic N) is 1. The molecule has 4 nitrogen and oxygen atoms in total. The van der Waals surface area contributed by atoms with Crippen LogP contribution < -0.4 is 10.5 Å². The molecule has 1 aromatic rings. The number of ether oxygens (including phenoxy) is 1. The van der Waals surface area contributed by atoms with Crippen LogP contribution in [0.1, 0.15) is 38.5 Å². The van der Waals surface area contributed by atoms with Crippen LogP contribution in [0, 0.1) is 5.41 Å². The maximum absolute atomic E-state index is 12.4. The van der Waals surface area contributed by atoms with Gasteiger partial charge in [0, 0.05) is 13.5 Å². The van der Waals surface area contributed by atoms with Gasteiger partial charge in [0.05, 0.1) is 6.54 Å². The SMILES string of the molecule is CN(CCOc1ccccc1)C(=O)CC1(CN)CCCCC1.Cl. The lowest BCUT2D eigenvalue weighted by Crippen LogP contribution is -2.40. The fourth-order valence-electron chi connectivity index (χ4n) is 3.15. The summed E-state index contributed by atoms with van der Waals surface area (Å²) < 4.78 is 5.65. The summed E-state index contributed by atoms with van der Waals surface area (Å²) in [5.41, 5.74) is 6.00. The van der Waals surface area contributed by atoms with Crippen molar-refractivity contribution in [1.82, 2.24) is 4.90 Å². The summed E-state index contributed by atoms with van der Waals surface area (Å²) in [5.74, 6) is 1.03. The molecule has 1 fully saturated rings. The number of carbonyl (C=O) groups is 1. The van der Waals surface area contributed by atoms with E-state index in [9.17, 15) is 4.79 Å². The van der Waals surface area contributed by atoms with Crippen LogP contribution in [-0.2, 0) is 4.79 Å². The first kappa shape index (κ1) is 19.8. The molecule has 1 amide bonds. The zero-order valence-corrected chi connectivity index (χ0v) is 14.8. The molecular formula is C18H29ClN2O2. The van der Waals surface area contributed by atoms with Crippen molar-refractivity contribution in [3.8, 4) is 5.75 Å². The molecule has 0 aromatic heterocycles. The Bertz CT molecular complexity index is 461. The maximum Gasteiger partial charge on any atom is 0.223 e. The van der Waals surface area contributed by atoms with Crippen molar-refractivity contribution >= 4 is 18.3 Å². The molecule has 5 heteroatoms. The summed E-state index contributed by atoms with van der Waals surface area (Å²) in [6.45, 7) is 1.74. The van der Waals surface area contributed by atoms with Gasteiger partial charge in [0.2, 0.25) is 5.91 Å². The van der Waals surface area contributed by atoms with E-state index in [4.69, 9.17) is 10.5 Å². The number of rotatable bonds is 7. The molecule has 0 spiro atoms. The molecule has 0 radical (unpaired) electrons. The lowest BCUT2D eigenvalue weighted by molar-refractivity contribution is -0.133. The minimum atomic E-state index is 0. The quantitative estimate of drug-likeness (QED) is 0.829. The van der Waals surface area contributed by atoms with Gasteiger partial charge >= 0.3 is 0 Å². The van der Waals surface area contributed by atoms with Gasteiger partial charge in [-0.25, -0.2) is 0 Å². The molecular weight excluding hydrogens is 312 g/mol. The largest absolute Gasteiger partial charge is 0.492 e. The molecule has 2 N–H and O–H groups in total. The van der Waals surface area contributed by atoms with Gasteiger partial charge < -0.3 is 15.4 Å². The number of nitrogens with two attached hydrogens (primary N) is 1. The highest BCUT2D eigenvalue weighted by atomic mass is 35.5. The lowest BCUT2D eigenvalue weighted by Gasteiger charge is -2.36. The van der Waals surface area contributed by atoms with Crippen LogP contribution in [0.2, 0.25) is 0 Å². The van der Waals surface area contributed by atoms with E-state index in [1.165, 1.54) is 19.3 Å². The molecule has 1 aliphatic carbocycles. The Hall–Kier alpha value is -1.26. The van der Waals surface area contributed by atoms with Crippen molar-refractivity contribution in [2.75, 3.05) is 26.7 Å². The summed E-state index contributed by atoms with van der Waals surface area (Å²) in [7, 11) is 1.85. The van der Waals surface area contributed by atoms with Gasteiger partial charge in [-0.1, -0.05) is 37.5 Å². The van der Waals surface area contributed by atoms with Crippen LogP contribution in [0.4, 0.5) is 0 Å². The Morgan fingerprint density at radius 3 is 2.48 bits per heavy atom. The Morgan fingerprint density at radius 1 is 1.22 bits per heavy atom. The second-order valence-electron chi connectivity index (χ2n) is 6.42. The van der Waals surface area contributed by atoms with Crippen molar-refractivity contribution in [3.63, 3.8) is 0 Å². The fourth-order valence-corrected chi connectivity index (χ4v) is 3.15. The molecule has 1 aromatic carbocycles. The van der Waals surface area contributed by atoms with Crippen molar-refractivity contribution < 1.29 is 9.53 Å². The lowest BCUT2D eigenvalue weighted by atomic mass is 9.71. The highest BCUT2D eigenvalue weighted by Gasteiger charge is 2.33. The molecule has 0 heterocycles. The van der Waals surface area contributed by atoms with Crippen molar-refractivity contribution in [2.45, 2.75) is 38.5 Å². The van der Waals surface area contributed by atoms with Crippen LogP contribution in [0.3, 0.4) is 0 Å². The number of hydrogen-bond acceptors (Lipinski definition) is 3. The Kier molecular flexibility index (Phi) is 8.42. The molecule has 23 heavy (non-hydrogen) atoms. The fraction of sp³-hybridized carbons (Fsp3) is 0.611. The van der Waals surface area contributed by atoms with Gasteiger partial charge in [-0.05, 0) is 36.9 Å². The summed E-state index contributed by atoms with van der Waals surface area (Å²) >= 11 is 0. The molecule has 130 valence electrons. The molecule has 2 rings (SSSR count). The monoisotopic (exact) mass is 340 g/mol. The minimum absolute atomic E-state index is 0. The number of para-hydroxylation sites is 1. The zero-order valence-electron chi connectivity index (χ0n) is 14.0. The van der Waals surface area contributed by atoms with Gasteiger partial charge in [0.25, 0.3) is 0 Å². The molecule has 0 aliphatic heterocycles. The molecule has 0 bridgehead atoms. The van der Waals surface area contributed by atoms with E-state index >= 15 is 0 Å². The van der Waals surface area contributed by atoms with E-state index in [1.807, 2.05) is 37.4 Å². The third-order valence-electron chi connectivity index (χ3n) is 4.74. The smallest absolute Gasteiger partial charge is 0.223 e. The third kappa shape index (κ3) is 6.04. The second-order valence-corrected chi connectivity index (χ2v) is 6.42. The summed E-state index contributed by atoms with van der Waals surface area (Å²) in [6.07, 6.45) is 6.42. The third-order valence-corrected chi connectivity index (χ3v) is 4.74. The summed E-state index contributed by atoms with van der Waals surface area (Å²) in [4.78, 5) is 14.2. The zero-order chi connectivity index (χ0) is 15.8. The van der Waals surface area contributed by atoms with Gasteiger partial charge in [-0.15, -0.1) is 12.4 Å². The number of halogens is 1. The summed E-state index contributed by atoms with van der Waals surface area (Å²) in [5, 5.41) is 0. The van der Waals surface area contributed by atoms with Gasteiger partial charge in [0.15, 0.2) is 0 Å². The molecule has 1 saturated carbocycles. The highest BCUT2D eigenvalue weighted by molar-refractivity contribution is 5.85. The van der Waals surface area contributed by atoms with E-state index in [-0.39, 0.29) is 23.7 Å². The van der Waals surface area contributed by atoms with E-state index < -0.39 is 0 Å². The first-order valence-corrected chi connectivity index (χ1v) is 8.27. The predicted octanol–water partition coefficient (Wildman–Crippen LogP) is 3.24. The number of benzene rings is 1. The van der Waals surface area contributed by atoms with Crippen molar-refractivity contribution in [1.29, 1.82) is 0 Å². The average molecular weight is 341 g/mol. The molecule has 0 saturated heterocycles. The Labute approximate surface area is 145 Å². The second kappa shape index (κ2) is 9.78. The molecule has 0 atom stereocenters. The van der Waals surface area contributed by atoms with E-state index in [2.05, 4.69) is 0 Å². The number of hydrogen-bond donors (Lipinski definition) is 1. The highest BCUT2D eigenvalue weighted by Crippen LogP contribution is 2.38. The molecule has 0 unspecified atom stereocenters. The van der Waals surface area contributed by atoms with Crippen LogP contribution in [0.25, 0.3) is 0 Å². The normalized spacial score (nSPS) is 16.3. The van der Waals surface area contributed by atoms with E-state index in [0.717, 1.165) is 18.6 Å². The van der Waals surface area contributed by atoms with Crippen LogP contribution in [-0.4, -0.2) is 37.6 Å².